The molecule has 0 amide bonds. The molecule has 6 nitrogen and oxygen atoms in total. The Morgan fingerprint density at radius 2 is 2.12 bits per heavy atom. The number of nitrogen functional groups attached to an aromatic ring is 1. The van der Waals surface area contributed by atoms with Gasteiger partial charge in [0.2, 0.25) is 0 Å². The number of hydrogen-bond acceptors (Lipinski definition) is 5. The lowest BCUT2D eigenvalue weighted by Gasteiger charge is -2.10. The monoisotopic (exact) mass is 360 g/mol. The maximum atomic E-state index is 13.1. The maximum Gasteiger partial charge on any atom is 0.310 e. The Morgan fingerprint density at radius 1 is 1.31 bits per heavy atom. The Bertz CT molecular complexity index is 739. The molecule has 0 saturated carbocycles. The van der Waals surface area contributed by atoms with E-state index in [9.17, 15) is 9.18 Å². The fourth-order valence-corrected chi connectivity index (χ4v) is 2.55. The van der Waals surface area contributed by atoms with Crippen LogP contribution in [0.15, 0.2) is 36.5 Å². The summed E-state index contributed by atoms with van der Waals surface area (Å²) < 4.78 is 13.1. The SMILES string of the molecule is CC(C(=O)O)c1cccc(CCNCCCNc2cc(F)cnc2N)c1. The van der Waals surface area contributed by atoms with Crippen molar-refractivity contribution in [3.63, 3.8) is 0 Å². The zero-order chi connectivity index (χ0) is 18.9. The fourth-order valence-electron chi connectivity index (χ4n) is 2.55. The van der Waals surface area contributed by atoms with Gasteiger partial charge in [0.15, 0.2) is 0 Å². The molecule has 1 atom stereocenters. The van der Waals surface area contributed by atoms with Gasteiger partial charge in [-0.25, -0.2) is 9.37 Å². The second kappa shape index (κ2) is 9.72. The van der Waals surface area contributed by atoms with Crippen molar-refractivity contribution in [2.45, 2.75) is 25.7 Å². The minimum Gasteiger partial charge on any atom is -0.481 e. The highest BCUT2D eigenvalue weighted by Crippen LogP contribution is 2.17. The van der Waals surface area contributed by atoms with Crippen molar-refractivity contribution >= 4 is 17.5 Å². The van der Waals surface area contributed by atoms with E-state index in [1.165, 1.54) is 6.07 Å². The van der Waals surface area contributed by atoms with Crippen molar-refractivity contribution in [2.24, 2.45) is 0 Å². The molecule has 0 spiro atoms. The summed E-state index contributed by atoms with van der Waals surface area (Å²) >= 11 is 0. The van der Waals surface area contributed by atoms with Crippen LogP contribution in [0.25, 0.3) is 0 Å². The summed E-state index contributed by atoms with van der Waals surface area (Å²) in [6.07, 6.45) is 2.77. The number of aromatic nitrogens is 1. The summed E-state index contributed by atoms with van der Waals surface area (Å²) in [5, 5.41) is 15.5. The average molecular weight is 360 g/mol. The Labute approximate surface area is 152 Å². The van der Waals surface area contributed by atoms with E-state index in [1.807, 2.05) is 24.3 Å². The van der Waals surface area contributed by atoms with Crippen LogP contribution in [0.4, 0.5) is 15.9 Å². The summed E-state index contributed by atoms with van der Waals surface area (Å²) in [5.74, 6) is -1.45. The highest BCUT2D eigenvalue weighted by molar-refractivity contribution is 5.75. The summed E-state index contributed by atoms with van der Waals surface area (Å²) in [6, 6.07) is 9.02. The van der Waals surface area contributed by atoms with Gasteiger partial charge in [0.1, 0.15) is 11.6 Å². The minimum absolute atomic E-state index is 0.287. The molecular formula is C19H25FN4O2. The summed E-state index contributed by atoms with van der Waals surface area (Å²) in [5.41, 5.74) is 8.12. The molecule has 0 radical (unpaired) electrons. The number of hydrogen-bond donors (Lipinski definition) is 4. The number of anilines is 2. The van der Waals surface area contributed by atoms with Crippen molar-refractivity contribution in [3.8, 4) is 0 Å². The lowest BCUT2D eigenvalue weighted by atomic mass is 9.98. The third-order valence-electron chi connectivity index (χ3n) is 4.14. The molecule has 140 valence electrons. The molecule has 1 unspecified atom stereocenters. The minimum atomic E-state index is -0.818. The number of carboxylic acid groups (broad SMARTS) is 1. The summed E-state index contributed by atoms with van der Waals surface area (Å²) in [6.45, 7) is 3.96. The molecule has 1 heterocycles. The van der Waals surface area contributed by atoms with Gasteiger partial charge in [0.25, 0.3) is 0 Å². The van der Waals surface area contributed by atoms with E-state index >= 15 is 0 Å². The van der Waals surface area contributed by atoms with Crippen LogP contribution in [-0.4, -0.2) is 35.7 Å². The highest BCUT2D eigenvalue weighted by Gasteiger charge is 2.13. The number of carboxylic acids is 1. The molecule has 0 saturated heterocycles. The zero-order valence-corrected chi connectivity index (χ0v) is 14.8. The predicted molar refractivity (Wildman–Crippen MR) is 101 cm³/mol. The van der Waals surface area contributed by atoms with Gasteiger partial charge < -0.3 is 21.5 Å². The smallest absolute Gasteiger partial charge is 0.310 e. The normalized spacial score (nSPS) is 11.9. The second-order valence-corrected chi connectivity index (χ2v) is 6.17. The van der Waals surface area contributed by atoms with Crippen LogP contribution in [0, 0.1) is 5.82 Å². The number of carbonyl (C=O) groups is 1. The maximum absolute atomic E-state index is 13.1. The molecule has 0 fully saturated rings. The van der Waals surface area contributed by atoms with Gasteiger partial charge in [-0.05, 0) is 44.0 Å². The molecule has 5 N–H and O–H groups in total. The zero-order valence-electron chi connectivity index (χ0n) is 14.8. The van der Waals surface area contributed by atoms with E-state index in [2.05, 4.69) is 15.6 Å². The first-order chi connectivity index (χ1) is 12.5. The van der Waals surface area contributed by atoms with Gasteiger partial charge in [-0.2, -0.15) is 0 Å². The molecule has 0 aliphatic rings. The van der Waals surface area contributed by atoms with Crippen molar-refractivity contribution in [3.05, 3.63) is 53.5 Å². The first kappa shape index (κ1) is 19.7. The van der Waals surface area contributed by atoms with Crippen LogP contribution in [0.3, 0.4) is 0 Å². The number of benzene rings is 1. The molecule has 0 aliphatic carbocycles. The first-order valence-electron chi connectivity index (χ1n) is 8.64. The third-order valence-corrected chi connectivity index (χ3v) is 4.14. The van der Waals surface area contributed by atoms with Gasteiger partial charge >= 0.3 is 5.97 Å². The molecule has 2 rings (SSSR count). The fraction of sp³-hybridized carbons (Fsp3) is 0.368. The summed E-state index contributed by atoms with van der Waals surface area (Å²) in [7, 11) is 0. The lowest BCUT2D eigenvalue weighted by molar-refractivity contribution is -0.138. The predicted octanol–water partition coefficient (Wildman–Crippen LogP) is 2.63. The molecule has 26 heavy (non-hydrogen) atoms. The van der Waals surface area contributed by atoms with Gasteiger partial charge in [0, 0.05) is 12.6 Å². The van der Waals surface area contributed by atoms with Crippen LogP contribution in [-0.2, 0) is 11.2 Å². The third kappa shape index (κ3) is 6.00. The number of nitrogens with one attached hydrogen (secondary N) is 2. The van der Waals surface area contributed by atoms with Crippen molar-refractivity contribution in [2.75, 3.05) is 30.7 Å². The number of rotatable bonds is 10. The number of halogens is 1. The van der Waals surface area contributed by atoms with Crippen molar-refractivity contribution in [1.29, 1.82) is 0 Å². The van der Waals surface area contributed by atoms with Gasteiger partial charge in [-0.3, -0.25) is 4.79 Å². The average Bonchev–Trinajstić information content (AvgIpc) is 2.63. The Morgan fingerprint density at radius 3 is 2.88 bits per heavy atom. The summed E-state index contributed by atoms with van der Waals surface area (Å²) in [4.78, 5) is 14.8. The van der Waals surface area contributed by atoms with E-state index < -0.39 is 17.7 Å². The molecule has 1 aromatic carbocycles. The van der Waals surface area contributed by atoms with Crippen LogP contribution in [0.2, 0.25) is 0 Å². The van der Waals surface area contributed by atoms with E-state index in [1.54, 1.807) is 6.92 Å². The van der Waals surface area contributed by atoms with Crippen LogP contribution >= 0.6 is 0 Å². The highest BCUT2D eigenvalue weighted by atomic mass is 19.1. The van der Waals surface area contributed by atoms with E-state index in [0.29, 0.717) is 12.2 Å². The van der Waals surface area contributed by atoms with E-state index in [4.69, 9.17) is 10.8 Å². The van der Waals surface area contributed by atoms with E-state index in [0.717, 1.165) is 43.3 Å². The number of nitrogens with zero attached hydrogens (tertiary/aromatic N) is 1. The number of pyridine rings is 1. The molecule has 1 aromatic heterocycles. The molecule has 2 aromatic rings. The Hall–Kier alpha value is -2.67. The van der Waals surface area contributed by atoms with Crippen LogP contribution < -0.4 is 16.4 Å². The van der Waals surface area contributed by atoms with Crippen LogP contribution in [0.1, 0.15) is 30.4 Å². The molecule has 7 heteroatoms. The van der Waals surface area contributed by atoms with Crippen LogP contribution in [0.5, 0.6) is 0 Å². The molecule has 0 bridgehead atoms. The molecule has 0 aliphatic heterocycles. The lowest BCUT2D eigenvalue weighted by Crippen LogP contribution is -2.21. The van der Waals surface area contributed by atoms with E-state index in [-0.39, 0.29) is 5.82 Å². The van der Waals surface area contributed by atoms with Gasteiger partial charge in [0.05, 0.1) is 17.8 Å². The first-order valence-corrected chi connectivity index (χ1v) is 8.64. The quantitative estimate of drug-likeness (QED) is 0.486. The van der Waals surface area contributed by atoms with Gasteiger partial charge in [-0.1, -0.05) is 24.3 Å². The Kier molecular flexibility index (Phi) is 7.35. The topological polar surface area (TPSA) is 100 Å². The molecular weight excluding hydrogens is 335 g/mol. The van der Waals surface area contributed by atoms with Crippen molar-refractivity contribution in [1.82, 2.24) is 10.3 Å². The number of nitrogens with two attached hydrogens (primary N) is 1. The standard InChI is InChI=1S/C19H25FN4O2/c1-13(19(25)26)15-5-2-4-14(10-15)6-9-22-7-3-8-23-17-11-16(20)12-24-18(17)21/h2,4-5,10-13,22-23H,3,6-9H2,1H3,(H2,21,24)(H,25,26). The van der Waals surface area contributed by atoms with Crippen molar-refractivity contribution < 1.29 is 14.3 Å². The number of aliphatic carboxylic acids is 1. The second-order valence-electron chi connectivity index (χ2n) is 6.17. The van der Waals surface area contributed by atoms with Gasteiger partial charge in [-0.15, -0.1) is 0 Å². The largest absolute Gasteiger partial charge is 0.481 e. The Balaban J connectivity index is 1.66.